The van der Waals surface area contributed by atoms with Crippen LogP contribution in [-0.4, -0.2) is 11.6 Å². The summed E-state index contributed by atoms with van der Waals surface area (Å²) >= 11 is -0.412. The summed E-state index contributed by atoms with van der Waals surface area (Å²) in [5.74, 6) is 2.08. The Balaban J connectivity index is 2.47. The summed E-state index contributed by atoms with van der Waals surface area (Å²) in [6, 6.07) is 9.97. The summed E-state index contributed by atoms with van der Waals surface area (Å²) in [6.07, 6.45) is 0. The van der Waals surface area contributed by atoms with Crippen LogP contribution >= 0.6 is 0 Å². The van der Waals surface area contributed by atoms with E-state index in [4.69, 9.17) is 4.74 Å². The molecular weight excluding hydrogens is 315 g/mol. The Bertz CT molecular complexity index is 407. The van der Waals surface area contributed by atoms with Crippen molar-refractivity contribution in [3.8, 4) is 9.85 Å². The zero-order chi connectivity index (χ0) is 12.0. The summed E-state index contributed by atoms with van der Waals surface area (Å²) in [7, 11) is 0. The average Bonchev–Trinajstić information content (AvgIpc) is 2.16. The number of rotatable bonds is 1. The first-order valence-corrected chi connectivity index (χ1v) is 7.06. The smallest absolute Gasteiger partial charge is 0.420 e. The number of benzene rings is 1. The molecule has 0 aliphatic rings. The first kappa shape index (κ1) is 13.0. The van der Waals surface area contributed by atoms with Gasteiger partial charge in [-0.3, -0.25) is 0 Å². The van der Waals surface area contributed by atoms with Gasteiger partial charge in [-0.1, -0.05) is 18.2 Å². The van der Waals surface area contributed by atoms with Crippen LogP contribution in [0.25, 0.3) is 0 Å². The van der Waals surface area contributed by atoms with Gasteiger partial charge < -0.3 is 4.74 Å². The molecule has 0 atom stereocenters. The highest BCUT2D eigenvalue weighted by molar-refractivity contribution is 5.88. The number of esters is 1. The molecular formula is C13H14IO2+. The zero-order valence-electron chi connectivity index (χ0n) is 9.58. The van der Waals surface area contributed by atoms with E-state index in [-0.39, 0.29) is 0 Å². The molecule has 2 nitrogen and oxygen atoms in total. The van der Waals surface area contributed by atoms with Gasteiger partial charge in [0.25, 0.3) is 0 Å². The van der Waals surface area contributed by atoms with Gasteiger partial charge in [0.05, 0.1) is 5.92 Å². The normalized spacial score (nSPS) is 10.2. The Morgan fingerprint density at radius 2 is 1.88 bits per heavy atom. The fourth-order valence-electron chi connectivity index (χ4n) is 0.898. The molecule has 0 bridgehead atoms. The first-order chi connectivity index (χ1) is 7.47. The van der Waals surface area contributed by atoms with Gasteiger partial charge in [-0.2, -0.15) is 0 Å². The average molecular weight is 329 g/mol. The van der Waals surface area contributed by atoms with Gasteiger partial charge in [-0.15, -0.1) is 0 Å². The fourth-order valence-corrected chi connectivity index (χ4v) is 2.34. The van der Waals surface area contributed by atoms with E-state index >= 15 is 0 Å². The summed E-state index contributed by atoms with van der Waals surface area (Å²) in [5, 5.41) is 0. The Labute approximate surface area is 107 Å². The van der Waals surface area contributed by atoms with Crippen molar-refractivity contribution in [2.75, 3.05) is 0 Å². The third-order valence-corrected chi connectivity index (χ3v) is 3.32. The molecule has 1 aromatic rings. The molecule has 0 unspecified atom stereocenters. The van der Waals surface area contributed by atoms with Gasteiger partial charge in [0.2, 0.25) is 7.50 Å². The number of carbonyl (C=O) groups is 1. The minimum Gasteiger partial charge on any atom is -0.450 e. The highest BCUT2D eigenvalue weighted by atomic mass is 127. The van der Waals surface area contributed by atoms with E-state index in [0.717, 1.165) is 0 Å². The van der Waals surface area contributed by atoms with Crippen LogP contribution in [0.1, 0.15) is 20.8 Å². The van der Waals surface area contributed by atoms with Gasteiger partial charge in [0.15, 0.2) is 0 Å². The van der Waals surface area contributed by atoms with Gasteiger partial charge in [0.1, 0.15) is 5.60 Å². The van der Waals surface area contributed by atoms with Crippen molar-refractivity contribution in [2.45, 2.75) is 26.4 Å². The lowest BCUT2D eigenvalue weighted by molar-refractivity contribution is -0.535. The van der Waals surface area contributed by atoms with Crippen LogP contribution in [0.3, 0.4) is 0 Å². The van der Waals surface area contributed by atoms with Crippen molar-refractivity contribution in [1.82, 2.24) is 0 Å². The van der Waals surface area contributed by atoms with Crippen molar-refractivity contribution < 1.29 is 30.7 Å². The molecule has 0 saturated carbocycles. The van der Waals surface area contributed by atoms with E-state index < -0.39 is 32.8 Å². The Hall–Kier alpha value is -1.02. The molecule has 84 valence electrons. The second kappa shape index (κ2) is 5.90. The van der Waals surface area contributed by atoms with E-state index in [1.165, 1.54) is 3.57 Å². The van der Waals surface area contributed by atoms with Crippen molar-refractivity contribution >= 4 is 5.97 Å². The summed E-state index contributed by atoms with van der Waals surface area (Å²) < 4.78 is 9.20. The van der Waals surface area contributed by atoms with Gasteiger partial charge >= 0.3 is 27.2 Å². The number of hydrogen-bond donors (Lipinski definition) is 0. The predicted octanol–water partition coefficient (Wildman–Crippen LogP) is -0.752. The van der Waals surface area contributed by atoms with E-state index in [9.17, 15) is 4.79 Å². The van der Waals surface area contributed by atoms with Gasteiger partial charge in [-0.25, -0.2) is 4.79 Å². The Morgan fingerprint density at radius 1 is 1.25 bits per heavy atom. The Kier molecular flexibility index (Phi) is 4.81. The van der Waals surface area contributed by atoms with Crippen molar-refractivity contribution in [2.24, 2.45) is 0 Å². The van der Waals surface area contributed by atoms with Crippen molar-refractivity contribution in [1.29, 1.82) is 0 Å². The molecule has 0 aliphatic heterocycles. The zero-order valence-corrected chi connectivity index (χ0v) is 11.7. The van der Waals surface area contributed by atoms with Crippen LogP contribution in [0.5, 0.6) is 0 Å². The molecule has 0 fully saturated rings. The first-order valence-electron chi connectivity index (χ1n) is 4.90. The maximum Gasteiger partial charge on any atom is 0.420 e. The molecule has 0 N–H and O–H groups in total. The van der Waals surface area contributed by atoms with Gasteiger partial charge in [-0.05, 0) is 32.9 Å². The van der Waals surface area contributed by atoms with Crippen LogP contribution in [0.4, 0.5) is 0 Å². The molecule has 0 aliphatic carbocycles. The number of carbonyl (C=O) groups excluding carboxylic acids is 1. The maximum atomic E-state index is 11.3. The molecule has 0 heterocycles. The van der Waals surface area contributed by atoms with E-state index in [1.54, 1.807) is 0 Å². The van der Waals surface area contributed by atoms with Crippen molar-refractivity contribution in [3.63, 3.8) is 0 Å². The van der Waals surface area contributed by atoms with Crippen LogP contribution in [-0.2, 0) is 9.53 Å². The van der Waals surface area contributed by atoms with Crippen LogP contribution in [0.15, 0.2) is 30.3 Å². The topological polar surface area (TPSA) is 26.3 Å². The predicted molar refractivity (Wildman–Crippen MR) is 58.8 cm³/mol. The third kappa shape index (κ3) is 5.76. The Morgan fingerprint density at radius 3 is 2.44 bits per heavy atom. The van der Waals surface area contributed by atoms with Crippen molar-refractivity contribution in [3.05, 3.63) is 33.9 Å². The molecule has 0 amide bonds. The lowest BCUT2D eigenvalue weighted by atomic mass is 10.2. The molecule has 0 spiro atoms. The monoisotopic (exact) mass is 329 g/mol. The van der Waals surface area contributed by atoms with Crippen LogP contribution < -0.4 is 21.2 Å². The lowest BCUT2D eigenvalue weighted by Gasteiger charge is -2.16. The van der Waals surface area contributed by atoms with Crippen LogP contribution in [0.2, 0.25) is 0 Å². The SMILES string of the molecule is CC(C)(C)OC(=O)C#C[I+]c1ccccc1. The standard InChI is InChI=1S/C13H14IO2/c1-13(2,3)16-12(15)9-10-14-11-7-5-4-6-8-11/h4-8H,1-3H3/q+1. The number of ether oxygens (including phenoxy) is 1. The quantitative estimate of drug-likeness (QED) is 0.385. The molecule has 3 heteroatoms. The largest absolute Gasteiger partial charge is 0.450 e. The third-order valence-electron chi connectivity index (χ3n) is 1.44. The van der Waals surface area contributed by atoms with E-state index in [1.807, 2.05) is 51.1 Å². The molecule has 0 saturated heterocycles. The second-order valence-electron chi connectivity index (χ2n) is 4.11. The summed E-state index contributed by atoms with van der Waals surface area (Å²) in [5.41, 5.74) is -0.461. The molecule has 1 rings (SSSR count). The fraction of sp³-hybridized carbons (Fsp3) is 0.308. The highest BCUT2D eigenvalue weighted by Crippen LogP contribution is 2.05. The minimum atomic E-state index is -0.461. The van der Waals surface area contributed by atoms with Gasteiger partial charge in [0, 0.05) is 0 Å². The summed E-state index contributed by atoms with van der Waals surface area (Å²) in [6.45, 7) is 5.50. The highest BCUT2D eigenvalue weighted by Gasteiger charge is 2.15. The maximum absolute atomic E-state index is 11.3. The molecule has 0 radical (unpaired) electrons. The second-order valence-corrected chi connectivity index (χ2v) is 6.44. The van der Waals surface area contributed by atoms with E-state index in [0.29, 0.717) is 0 Å². The lowest BCUT2D eigenvalue weighted by Crippen LogP contribution is -3.59. The van der Waals surface area contributed by atoms with Crippen LogP contribution in [0, 0.1) is 13.4 Å². The van der Waals surface area contributed by atoms with E-state index in [2.05, 4.69) is 9.85 Å². The summed E-state index contributed by atoms with van der Waals surface area (Å²) in [4.78, 5) is 11.3. The number of hydrogen-bond acceptors (Lipinski definition) is 2. The minimum absolute atomic E-state index is 0.412. The molecule has 1 aromatic carbocycles. The molecule has 16 heavy (non-hydrogen) atoms. The number of halogens is 1. The molecule has 0 aromatic heterocycles.